The lowest BCUT2D eigenvalue weighted by atomic mass is 9.88. The molecule has 1 aliphatic heterocycles. The Kier molecular flexibility index (Phi) is 4.48. The smallest absolute Gasteiger partial charge is 0.0306 e. The SMILES string of the molecule is CCNC(CCC1CC1)C(C)(C)N1CCCC1. The van der Waals surface area contributed by atoms with Gasteiger partial charge in [0.1, 0.15) is 0 Å². The van der Waals surface area contributed by atoms with E-state index >= 15 is 0 Å². The van der Waals surface area contributed by atoms with Crippen LogP contribution in [0.25, 0.3) is 0 Å². The predicted molar refractivity (Wildman–Crippen MR) is 74.3 cm³/mol. The minimum absolute atomic E-state index is 0.335. The van der Waals surface area contributed by atoms with Crippen molar-refractivity contribution in [3.8, 4) is 0 Å². The van der Waals surface area contributed by atoms with E-state index in [1.54, 1.807) is 0 Å². The summed E-state index contributed by atoms with van der Waals surface area (Å²) < 4.78 is 0. The van der Waals surface area contributed by atoms with Gasteiger partial charge in [0.15, 0.2) is 0 Å². The highest BCUT2D eigenvalue weighted by Crippen LogP contribution is 2.36. The molecule has 1 heterocycles. The topological polar surface area (TPSA) is 15.3 Å². The Hall–Kier alpha value is -0.0800. The Bertz CT molecular complexity index is 227. The van der Waals surface area contributed by atoms with Gasteiger partial charge < -0.3 is 5.32 Å². The lowest BCUT2D eigenvalue weighted by molar-refractivity contribution is 0.101. The van der Waals surface area contributed by atoms with Crippen LogP contribution in [0.4, 0.5) is 0 Å². The first kappa shape index (κ1) is 13.4. The predicted octanol–water partition coefficient (Wildman–Crippen LogP) is 3.03. The molecule has 2 heteroatoms. The summed E-state index contributed by atoms with van der Waals surface area (Å²) in [6.45, 7) is 10.8. The van der Waals surface area contributed by atoms with Gasteiger partial charge in [-0.15, -0.1) is 0 Å². The fourth-order valence-corrected chi connectivity index (χ4v) is 3.27. The van der Waals surface area contributed by atoms with Crippen molar-refractivity contribution in [1.82, 2.24) is 10.2 Å². The molecule has 2 rings (SSSR count). The second-order valence-electron chi connectivity index (χ2n) is 6.48. The molecule has 0 aromatic rings. The van der Waals surface area contributed by atoms with Gasteiger partial charge in [-0.3, -0.25) is 4.90 Å². The van der Waals surface area contributed by atoms with Crippen molar-refractivity contribution in [2.24, 2.45) is 5.92 Å². The molecule has 0 spiro atoms. The van der Waals surface area contributed by atoms with E-state index in [1.807, 2.05) is 0 Å². The van der Waals surface area contributed by atoms with Crippen molar-refractivity contribution >= 4 is 0 Å². The van der Waals surface area contributed by atoms with Crippen molar-refractivity contribution in [3.05, 3.63) is 0 Å². The molecule has 1 aliphatic carbocycles. The average Bonchev–Trinajstić information content (AvgIpc) is 2.95. The van der Waals surface area contributed by atoms with E-state index < -0.39 is 0 Å². The zero-order valence-electron chi connectivity index (χ0n) is 12.0. The maximum Gasteiger partial charge on any atom is 0.0306 e. The number of nitrogens with zero attached hydrogens (tertiary/aromatic N) is 1. The van der Waals surface area contributed by atoms with E-state index in [1.165, 1.54) is 51.6 Å². The van der Waals surface area contributed by atoms with Gasteiger partial charge in [-0.1, -0.05) is 19.8 Å². The Balaban J connectivity index is 1.90. The van der Waals surface area contributed by atoms with E-state index in [0.29, 0.717) is 11.6 Å². The number of likely N-dealkylation sites (tertiary alicyclic amines) is 1. The Labute approximate surface area is 107 Å². The molecule has 17 heavy (non-hydrogen) atoms. The van der Waals surface area contributed by atoms with Crippen LogP contribution in [0.15, 0.2) is 0 Å². The van der Waals surface area contributed by atoms with Gasteiger partial charge in [0.05, 0.1) is 0 Å². The first-order chi connectivity index (χ1) is 8.14. The molecule has 1 unspecified atom stereocenters. The molecule has 0 bridgehead atoms. The van der Waals surface area contributed by atoms with E-state index in [-0.39, 0.29) is 0 Å². The lowest BCUT2D eigenvalue weighted by Crippen LogP contribution is -2.56. The van der Waals surface area contributed by atoms with Crippen molar-refractivity contribution in [2.75, 3.05) is 19.6 Å². The molecule has 0 radical (unpaired) electrons. The number of likely N-dealkylation sites (N-methyl/N-ethyl adjacent to an activating group) is 1. The molecule has 0 amide bonds. The van der Waals surface area contributed by atoms with E-state index in [0.717, 1.165) is 12.5 Å². The van der Waals surface area contributed by atoms with E-state index in [2.05, 4.69) is 31.0 Å². The summed E-state index contributed by atoms with van der Waals surface area (Å²) in [6.07, 6.45) is 8.57. The third-order valence-corrected chi connectivity index (χ3v) is 4.78. The molecule has 2 fully saturated rings. The second-order valence-corrected chi connectivity index (χ2v) is 6.48. The Morgan fingerprint density at radius 3 is 2.41 bits per heavy atom. The third kappa shape index (κ3) is 3.45. The molecule has 100 valence electrons. The number of hydrogen-bond acceptors (Lipinski definition) is 2. The summed E-state index contributed by atoms with van der Waals surface area (Å²) in [6, 6.07) is 0.672. The van der Waals surface area contributed by atoms with Gasteiger partial charge in [-0.05, 0) is 65.1 Å². The molecule has 0 aromatic heterocycles. The van der Waals surface area contributed by atoms with E-state index in [9.17, 15) is 0 Å². The summed E-state index contributed by atoms with van der Waals surface area (Å²) in [7, 11) is 0. The Morgan fingerprint density at radius 1 is 1.24 bits per heavy atom. The third-order valence-electron chi connectivity index (χ3n) is 4.78. The minimum Gasteiger partial charge on any atom is -0.312 e. The molecule has 1 saturated heterocycles. The maximum atomic E-state index is 3.74. The number of nitrogens with one attached hydrogen (secondary N) is 1. The molecular weight excluding hydrogens is 208 g/mol. The fourth-order valence-electron chi connectivity index (χ4n) is 3.27. The average molecular weight is 238 g/mol. The first-order valence-corrected chi connectivity index (χ1v) is 7.63. The van der Waals surface area contributed by atoms with Crippen LogP contribution in [0.5, 0.6) is 0 Å². The molecule has 2 aliphatic rings. The zero-order chi connectivity index (χ0) is 12.3. The lowest BCUT2D eigenvalue weighted by Gasteiger charge is -2.42. The van der Waals surface area contributed by atoms with Crippen molar-refractivity contribution in [1.29, 1.82) is 0 Å². The van der Waals surface area contributed by atoms with Gasteiger partial charge in [0.2, 0.25) is 0 Å². The molecule has 0 aromatic carbocycles. The summed E-state index contributed by atoms with van der Waals surface area (Å²) in [4.78, 5) is 2.70. The van der Waals surface area contributed by atoms with Crippen LogP contribution in [-0.2, 0) is 0 Å². The largest absolute Gasteiger partial charge is 0.312 e. The van der Waals surface area contributed by atoms with Gasteiger partial charge in [-0.25, -0.2) is 0 Å². The van der Waals surface area contributed by atoms with Crippen LogP contribution < -0.4 is 5.32 Å². The van der Waals surface area contributed by atoms with Gasteiger partial charge in [0, 0.05) is 11.6 Å². The molecule has 1 saturated carbocycles. The molecule has 1 atom stereocenters. The zero-order valence-corrected chi connectivity index (χ0v) is 12.0. The van der Waals surface area contributed by atoms with Gasteiger partial charge in [-0.2, -0.15) is 0 Å². The summed E-state index contributed by atoms with van der Waals surface area (Å²) in [5.74, 6) is 1.06. The minimum atomic E-state index is 0.335. The van der Waals surface area contributed by atoms with Crippen LogP contribution in [0.3, 0.4) is 0 Å². The van der Waals surface area contributed by atoms with Crippen LogP contribution >= 0.6 is 0 Å². The molecule has 2 nitrogen and oxygen atoms in total. The molecule has 1 N–H and O–H groups in total. The van der Waals surface area contributed by atoms with Gasteiger partial charge >= 0.3 is 0 Å². The monoisotopic (exact) mass is 238 g/mol. The summed E-state index contributed by atoms with van der Waals surface area (Å²) >= 11 is 0. The normalized spacial score (nSPS) is 24.2. The summed E-state index contributed by atoms with van der Waals surface area (Å²) in [5.41, 5.74) is 0.335. The van der Waals surface area contributed by atoms with Crippen LogP contribution in [0, 0.1) is 5.92 Å². The summed E-state index contributed by atoms with van der Waals surface area (Å²) in [5, 5.41) is 3.74. The van der Waals surface area contributed by atoms with Crippen LogP contribution in [0.2, 0.25) is 0 Å². The van der Waals surface area contributed by atoms with Crippen molar-refractivity contribution in [3.63, 3.8) is 0 Å². The highest BCUT2D eigenvalue weighted by molar-refractivity contribution is 4.95. The first-order valence-electron chi connectivity index (χ1n) is 7.63. The quantitative estimate of drug-likeness (QED) is 0.733. The van der Waals surface area contributed by atoms with Crippen molar-refractivity contribution < 1.29 is 0 Å². The second kappa shape index (κ2) is 5.71. The standard InChI is InChI=1S/C15H30N2/c1-4-16-14(10-9-13-7-8-13)15(2,3)17-11-5-6-12-17/h13-14,16H,4-12H2,1-3H3. The van der Waals surface area contributed by atoms with Crippen LogP contribution in [-0.4, -0.2) is 36.1 Å². The fraction of sp³-hybridized carbons (Fsp3) is 1.00. The highest BCUT2D eigenvalue weighted by Gasteiger charge is 2.36. The Morgan fingerprint density at radius 2 is 1.88 bits per heavy atom. The molecular formula is C15H30N2. The van der Waals surface area contributed by atoms with Crippen molar-refractivity contribution in [2.45, 2.75) is 70.9 Å². The maximum absolute atomic E-state index is 3.74. The van der Waals surface area contributed by atoms with Gasteiger partial charge in [0.25, 0.3) is 0 Å². The highest BCUT2D eigenvalue weighted by atomic mass is 15.2. The number of hydrogen-bond donors (Lipinski definition) is 1. The number of rotatable bonds is 7. The van der Waals surface area contributed by atoms with Crippen LogP contribution in [0.1, 0.15) is 59.3 Å². The van der Waals surface area contributed by atoms with E-state index in [4.69, 9.17) is 0 Å².